The van der Waals surface area contributed by atoms with Crippen molar-refractivity contribution in [1.82, 2.24) is 24.5 Å². The van der Waals surface area contributed by atoms with Gasteiger partial charge in [-0.3, -0.25) is 0 Å². The van der Waals surface area contributed by atoms with E-state index >= 15 is 0 Å². The van der Waals surface area contributed by atoms with Crippen LogP contribution in [0.25, 0.3) is 83.9 Å². The summed E-state index contributed by atoms with van der Waals surface area (Å²) >= 11 is 0. The largest absolute Gasteiger partial charge is 0.443 e. The van der Waals surface area contributed by atoms with E-state index in [2.05, 4.69) is 96.2 Å². The summed E-state index contributed by atoms with van der Waals surface area (Å²) in [6.45, 7) is 4.59. The van der Waals surface area contributed by atoms with Gasteiger partial charge < -0.3 is 8.98 Å². The van der Waals surface area contributed by atoms with E-state index < -0.39 is 0 Å². The molecule has 6 heteroatoms. The second kappa shape index (κ2) is 10.3. The van der Waals surface area contributed by atoms with Crippen LogP contribution in [0.2, 0.25) is 0 Å². The quantitative estimate of drug-likeness (QED) is 0.193. The smallest absolute Gasteiger partial charge is 0.182 e. The van der Waals surface area contributed by atoms with Gasteiger partial charge in [-0.1, -0.05) is 105 Å². The lowest BCUT2D eigenvalue weighted by Gasteiger charge is -2.22. The van der Waals surface area contributed by atoms with E-state index in [1.54, 1.807) is 6.39 Å². The van der Waals surface area contributed by atoms with Crippen LogP contribution in [0.5, 0.6) is 0 Å². The number of nitrogens with zero attached hydrogens (tertiary/aromatic N) is 5. The van der Waals surface area contributed by atoms with Crippen LogP contribution in [0.4, 0.5) is 0 Å². The minimum atomic E-state index is -0.195. The molecule has 6 nitrogen and oxygen atoms in total. The molecule has 0 N–H and O–H groups in total. The molecule has 3 aromatic heterocycles. The maximum Gasteiger partial charge on any atom is 0.182 e. The predicted molar refractivity (Wildman–Crippen MR) is 196 cm³/mol. The average molecular weight is 632 g/mol. The van der Waals surface area contributed by atoms with Crippen molar-refractivity contribution in [2.45, 2.75) is 19.3 Å². The van der Waals surface area contributed by atoms with Gasteiger partial charge in [-0.2, -0.15) is 0 Å². The van der Waals surface area contributed by atoms with E-state index in [1.807, 2.05) is 60.7 Å². The molecule has 0 aliphatic heterocycles. The molecule has 6 aromatic carbocycles. The zero-order valence-electron chi connectivity index (χ0n) is 26.9. The molecule has 1 aliphatic carbocycles. The minimum absolute atomic E-state index is 0.195. The molecule has 9 aromatic rings. The van der Waals surface area contributed by atoms with Gasteiger partial charge in [0.2, 0.25) is 0 Å². The van der Waals surface area contributed by atoms with E-state index in [9.17, 15) is 0 Å². The molecule has 0 unspecified atom stereocenters. The van der Waals surface area contributed by atoms with Gasteiger partial charge in [-0.15, -0.1) is 0 Å². The van der Waals surface area contributed by atoms with Crippen molar-refractivity contribution >= 4 is 32.9 Å². The summed E-state index contributed by atoms with van der Waals surface area (Å²) in [7, 11) is 0. The van der Waals surface area contributed by atoms with E-state index in [0.29, 0.717) is 17.5 Å². The number of aromatic nitrogens is 5. The fourth-order valence-corrected chi connectivity index (χ4v) is 7.60. The second-order valence-electron chi connectivity index (χ2n) is 13.2. The Kier molecular flexibility index (Phi) is 5.82. The molecule has 0 saturated heterocycles. The Bertz CT molecular complexity index is 2680. The highest BCUT2D eigenvalue weighted by molar-refractivity contribution is 6.10. The lowest BCUT2D eigenvalue weighted by atomic mass is 9.82. The fourth-order valence-electron chi connectivity index (χ4n) is 7.60. The molecule has 3 heterocycles. The third-order valence-corrected chi connectivity index (χ3v) is 10.0. The predicted octanol–water partition coefficient (Wildman–Crippen LogP) is 10.4. The Morgan fingerprint density at radius 2 is 1.20 bits per heavy atom. The number of oxazole rings is 1. The van der Waals surface area contributed by atoms with Gasteiger partial charge in [0, 0.05) is 44.1 Å². The van der Waals surface area contributed by atoms with Crippen LogP contribution >= 0.6 is 0 Å². The molecule has 10 rings (SSSR count). The molecule has 0 atom stereocenters. The van der Waals surface area contributed by atoms with Crippen molar-refractivity contribution in [1.29, 1.82) is 0 Å². The molecular formula is C43H29N5O. The zero-order chi connectivity index (χ0) is 32.7. The van der Waals surface area contributed by atoms with Crippen LogP contribution in [0, 0.1) is 0 Å². The summed E-state index contributed by atoms with van der Waals surface area (Å²) in [4.78, 5) is 19.3. The zero-order valence-corrected chi connectivity index (χ0v) is 26.9. The Labute approximate surface area is 282 Å². The van der Waals surface area contributed by atoms with Gasteiger partial charge in [0.15, 0.2) is 29.4 Å². The number of rotatable bonds is 4. The number of hydrogen-bond donors (Lipinski definition) is 0. The molecule has 49 heavy (non-hydrogen) atoms. The monoisotopic (exact) mass is 631 g/mol. The maximum atomic E-state index is 5.91. The molecule has 0 bridgehead atoms. The van der Waals surface area contributed by atoms with Crippen LogP contribution in [0.15, 0.2) is 144 Å². The number of fused-ring (bicyclic) bond motifs is 8. The Morgan fingerprint density at radius 3 is 1.94 bits per heavy atom. The first-order chi connectivity index (χ1) is 24.0. The van der Waals surface area contributed by atoms with Gasteiger partial charge >= 0.3 is 0 Å². The summed E-state index contributed by atoms with van der Waals surface area (Å²) in [6.07, 6.45) is 1.54. The summed E-state index contributed by atoms with van der Waals surface area (Å²) < 4.78 is 8.28. The van der Waals surface area contributed by atoms with Gasteiger partial charge in [0.1, 0.15) is 5.52 Å². The molecule has 0 amide bonds. The molecule has 1 aliphatic rings. The SMILES string of the molecule is CC1(C)c2cc(-n3c4ccccc4c4cc(-c5nc(-c6ccccc6)nc(-c6ccccc6)n5)ccc43)ccc2-c2c1ccc1ncoc21. The van der Waals surface area contributed by atoms with E-state index in [1.165, 1.54) is 22.1 Å². The molecule has 0 fully saturated rings. The summed E-state index contributed by atoms with van der Waals surface area (Å²) in [5.41, 5.74) is 12.7. The maximum absolute atomic E-state index is 5.91. The topological polar surface area (TPSA) is 69.6 Å². The summed E-state index contributed by atoms with van der Waals surface area (Å²) in [5.74, 6) is 1.94. The lowest BCUT2D eigenvalue weighted by molar-refractivity contribution is 0.601. The molecule has 0 spiro atoms. The van der Waals surface area contributed by atoms with E-state index in [4.69, 9.17) is 19.4 Å². The minimum Gasteiger partial charge on any atom is -0.443 e. The highest BCUT2D eigenvalue weighted by Gasteiger charge is 2.38. The van der Waals surface area contributed by atoms with Gasteiger partial charge in [-0.05, 0) is 59.2 Å². The average Bonchev–Trinajstić information content (AvgIpc) is 3.83. The van der Waals surface area contributed by atoms with Gasteiger partial charge in [0.05, 0.1) is 11.0 Å². The summed E-state index contributed by atoms with van der Waals surface area (Å²) in [6, 6.07) is 46.4. The highest BCUT2D eigenvalue weighted by Crippen LogP contribution is 2.52. The normalized spacial score (nSPS) is 13.3. The number of benzene rings is 6. The number of hydrogen-bond acceptors (Lipinski definition) is 5. The molecule has 0 radical (unpaired) electrons. The standard InChI is InChI=1S/C43H29N5O/c1-43(2)33-20-21-35-39(49-25-44-35)38(33)31-19-18-29(24-34(31)43)48-36-16-10-9-15-30(36)32-23-28(17-22-37(32)48)42-46-40(26-11-5-3-6-12-26)45-41(47-42)27-13-7-4-8-14-27/h3-25H,1-2H3. The van der Waals surface area contributed by atoms with Gasteiger partial charge in [-0.25, -0.2) is 19.9 Å². The van der Waals surface area contributed by atoms with Crippen molar-refractivity contribution in [2.75, 3.05) is 0 Å². The van der Waals surface area contributed by atoms with Crippen molar-refractivity contribution in [3.8, 4) is 51.0 Å². The van der Waals surface area contributed by atoms with Crippen LogP contribution in [-0.2, 0) is 5.41 Å². The van der Waals surface area contributed by atoms with Crippen LogP contribution in [0.3, 0.4) is 0 Å². The fraction of sp³-hybridized carbons (Fsp3) is 0.0698. The second-order valence-corrected chi connectivity index (χ2v) is 13.2. The van der Waals surface area contributed by atoms with Crippen LogP contribution in [-0.4, -0.2) is 24.5 Å². The Morgan fingerprint density at radius 1 is 0.551 bits per heavy atom. The first-order valence-electron chi connectivity index (χ1n) is 16.5. The van der Waals surface area contributed by atoms with E-state index in [0.717, 1.165) is 55.5 Å². The van der Waals surface area contributed by atoms with E-state index in [-0.39, 0.29) is 5.41 Å². The van der Waals surface area contributed by atoms with Gasteiger partial charge in [0.25, 0.3) is 0 Å². The summed E-state index contributed by atoms with van der Waals surface area (Å²) in [5, 5.41) is 2.31. The number of para-hydroxylation sites is 1. The van der Waals surface area contributed by atoms with Crippen molar-refractivity contribution in [3.05, 3.63) is 151 Å². The molecule has 232 valence electrons. The van der Waals surface area contributed by atoms with Crippen LogP contribution in [0.1, 0.15) is 25.0 Å². The Hall–Kier alpha value is -6.40. The third kappa shape index (κ3) is 4.14. The third-order valence-electron chi connectivity index (χ3n) is 10.0. The van der Waals surface area contributed by atoms with Crippen molar-refractivity contribution in [2.24, 2.45) is 0 Å². The first-order valence-corrected chi connectivity index (χ1v) is 16.5. The van der Waals surface area contributed by atoms with Crippen LogP contribution < -0.4 is 0 Å². The van der Waals surface area contributed by atoms with Crippen molar-refractivity contribution < 1.29 is 4.42 Å². The lowest BCUT2D eigenvalue weighted by Crippen LogP contribution is -2.15. The first kappa shape index (κ1) is 27.7. The molecular weight excluding hydrogens is 603 g/mol. The highest BCUT2D eigenvalue weighted by atomic mass is 16.3. The molecule has 0 saturated carbocycles. The van der Waals surface area contributed by atoms with Crippen molar-refractivity contribution in [3.63, 3.8) is 0 Å². The Balaban J connectivity index is 1.16.